The summed E-state index contributed by atoms with van der Waals surface area (Å²) >= 11 is 0. The van der Waals surface area contributed by atoms with Crippen LogP contribution in [0.5, 0.6) is 0 Å². The Morgan fingerprint density at radius 2 is 2.31 bits per heavy atom. The van der Waals surface area contributed by atoms with Crippen molar-refractivity contribution in [3.63, 3.8) is 0 Å². The van der Waals surface area contributed by atoms with Gasteiger partial charge < -0.3 is 15.4 Å². The van der Waals surface area contributed by atoms with E-state index in [1.54, 1.807) is 17.6 Å². The van der Waals surface area contributed by atoms with E-state index in [0.29, 0.717) is 17.6 Å². The molecule has 1 aliphatic heterocycles. The summed E-state index contributed by atoms with van der Waals surface area (Å²) in [5.74, 6) is -0.0945. The maximum Gasteiger partial charge on any atom is 0.343 e. The van der Waals surface area contributed by atoms with Crippen molar-refractivity contribution in [3.8, 4) is 0 Å². The molecule has 0 unspecified atom stereocenters. The van der Waals surface area contributed by atoms with Crippen LogP contribution in [0.1, 0.15) is 56.8 Å². The molecule has 2 aromatic heterocycles. The molecule has 0 spiro atoms. The van der Waals surface area contributed by atoms with Crippen molar-refractivity contribution in [2.75, 3.05) is 18.1 Å². The fourth-order valence-corrected chi connectivity index (χ4v) is 3.81. The second-order valence-electron chi connectivity index (χ2n) is 8.02. The number of halogens is 1. The van der Waals surface area contributed by atoms with Crippen LogP contribution in [0.3, 0.4) is 0 Å². The van der Waals surface area contributed by atoms with Crippen LogP contribution >= 0.6 is 0 Å². The molecule has 32 heavy (non-hydrogen) atoms. The van der Waals surface area contributed by atoms with Gasteiger partial charge in [-0.15, -0.1) is 0 Å². The summed E-state index contributed by atoms with van der Waals surface area (Å²) in [5.41, 5.74) is 8.28. The molecular formula is C23H31FN6O2. The number of anilines is 1. The van der Waals surface area contributed by atoms with Crippen LogP contribution in [0.2, 0.25) is 0 Å². The average Bonchev–Trinajstić information content (AvgIpc) is 3.40. The summed E-state index contributed by atoms with van der Waals surface area (Å²) in [5, 5.41) is 4.20. The fourth-order valence-electron chi connectivity index (χ4n) is 3.81. The van der Waals surface area contributed by atoms with Gasteiger partial charge in [0.05, 0.1) is 25.0 Å². The average molecular weight is 443 g/mol. The smallest absolute Gasteiger partial charge is 0.343 e. The number of hydrogen-bond acceptors (Lipinski definition) is 7. The van der Waals surface area contributed by atoms with Gasteiger partial charge in [0.25, 0.3) is 0 Å². The summed E-state index contributed by atoms with van der Waals surface area (Å²) in [6.45, 7) is 10.4. The molecule has 0 bridgehead atoms. The van der Waals surface area contributed by atoms with Crippen molar-refractivity contribution in [3.05, 3.63) is 48.2 Å². The van der Waals surface area contributed by atoms with Crippen LogP contribution in [0.25, 0.3) is 5.65 Å². The molecule has 8 nitrogen and oxygen atoms in total. The summed E-state index contributed by atoms with van der Waals surface area (Å²) < 4.78 is 20.0. The lowest BCUT2D eigenvalue weighted by molar-refractivity contribution is 0.0528. The number of aromatic nitrogens is 3. The van der Waals surface area contributed by atoms with Gasteiger partial charge >= 0.3 is 5.97 Å². The van der Waals surface area contributed by atoms with Gasteiger partial charge in [0.1, 0.15) is 17.2 Å². The molecule has 2 N–H and O–H groups in total. The zero-order chi connectivity index (χ0) is 23.3. The molecule has 0 saturated carbocycles. The van der Waals surface area contributed by atoms with Gasteiger partial charge in [-0.05, 0) is 58.1 Å². The van der Waals surface area contributed by atoms with E-state index in [-0.39, 0.29) is 24.5 Å². The normalized spacial score (nSPS) is 18.3. The van der Waals surface area contributed by atoms with Crippen molar-refractivity contribution in [2.24, 2.45) is 10.7 Å². The number of carbonyl (C=O) groups is 1. The highest BCUT2D eigenvalue weighted by Gasteiger charge is 2.30. The lowest BCUT2D eigenvalue weighted by atomic mass is 9.97. The quantitative estimate of drug-likeness (QED) is 0.468. The van der Waals surface area contributed by atoms with E-state index in [4.69, 9.17) is 15.5 Å². The van der Waals surface area contributed by atoms with Crippen molar-refractivity contribution in [2.45, 2.75) is 58.5 Å². The number of hydrogen-bond donors (Lipinski definition) is 1. The summed E-state index contributed by atoms with van der Waals surface area (Å²) in [6, 6.07) is 1.85. The van der Waals surface area contributed by atoms with Crippen LogP contribution in [0.4, 0.5) is 10.2 Å². The molecule has 0 radical (unpaired) electrons. The largest absolute Gasteiger partial charge is 0.462 e. The third-order valence-corrected chi connectivity index (χ3v) is 5.40. The second-order valence-corrected chi connectivity index (χ2v) is 8.02. The minimum atomic E-state index is -0.451. The van der Waals surface area contributed by atoms with Crippen molar-refractivity contribution >= 4 is 23.1 Å². The standard InChI is InChI=1S/C23H31FN6O2/c1-5-32-23(31)18-14-27-30-12-10-21(28-22(18)30)29-11-6-7-20(29)17(4)19(9-8-16(3)25)26-13-15(2)24/h10,12-14,16,20H,4-9,11,25H2,1-3H3/b15-13+,26-19?/t16-,20-/m1/s1. The minimum Gasteiger partial charge on any atom is -0.462 e. The Morgan fingerprint density at radius 3 is 3.00 bits per heavy atom. The first-order valence-electron chi connectivity index (χ1n) is 10.9. The zero-order valence-corrected chi connectivity index (χ0v) is 18.9. The highest BCUT2D eigenvalue weighted by atomic mass is 19.1. The van der Waals surface area contributed by atoms with Crippen LogP contribution in [-0.4, -0.2) is 51.5 Å². The Morgan fingerprint density at radius 1 is 1.53 bits per heavy atom. The van der Waals surface area contributed by atoms with Crippen LogP contribution in [0, 0.1) is 0 Å². The van der Waals surface area contributed by atoms with E-state index in [2.05, 4.69) is 21.6 Å². The highest BCUT2D eigenvalue weighted by Crippen LogP contribution is 2.30. The lowest BCUT2D eigenvalue weighted by Gasteiger charge is -2.28. The summed E-state index contributed by atoms with van der Waals surface area (Å²) in [7, 11) is 0. The van der Waals surface area contributed by atoms with E-state index in [9.17, 15) is 9.18 Å². The molecule has 3 heterocycles. The number of ether oxygens (including phenoxy) is 1. The van der Waals surface area contributed by atoms with Crippen molar-refractivity contribution < 1.29 is 13.9 Å². The van der Waals surface area contributed by atoms with E-state index >= 15 is 0 Å². The molecule has 2 atom stereocenters. The molecule has 1 fully saturated rings. The van der Waals surface area contributed by atoms with E-state index in [1.807, 2.05) is 13.0 Å². The van der Waals surface area contributed by atoms with Crippen molar-refractivity contribution in [1.82, 2.24) is 14.6 Å². The molecule has 3 rings (SSSR count). The van der Waals surface area contributed by atoms with Crippen molar-refractivity contribution in [1.29, 1.82) is 0 Å². The third kappa shape index (κ3) is 5.40. The van der Waals surface area contributed by atoms with Crippen LogP contribution in [-0.2, 0) is 4.74 Å². The van der Waals surface area contributed by atoms with Gasteiger partial charge in [0.15, 0.2) is 5.65 Å². The van der Waals surface area contributed by atoms with Gasteiger partial charge in [0, 0.05) is 24.5 Å². The SMILES string of the molecule is C=C(C(CC[C@@H](C)N)=N/C=C(\C)F)[C@H]1CCCN1c1ccn2ncc(C(=O)OCC)c2n1. The number of nitrogens with zero attached hydrogens (tertiary/aromatic N) is 5. The van der Waals surface area contributed by atoms with E-state index in [0.717, 1.165) is 42.9 Å². The maximum absolute atomic E-state index is 13.4. The van der Waals surface area contributed by atoms with E-state index in [1.165, 1.54) is 19.3 Å². The Kier molecular flexibility index (Phi) is 7.74. The first kappa shape index (κ1) is 23.6. The molecule has 0 amide bonds. The molecule has 0 aliphatic carbocycles. The van der Waals surface area contributed by atoms with Gasteiger partial charge in [0.2, 0.25) is 0 Å². The Balaban J connectivity index is 1.91. The first-order chi connectivity index (χ1) is 15.3. The Hall–Kier alpha value is -3.07. The Labute approximate surface area is 187 Å². The van der Waals surface area contributed by atoms with Gasteiger partial charge in [-0.3, -0.25) is 4.99 Å². The Bertz CT molecular complexity index is 1040. The summed E-state index contributed by atoms with van der Waals surface area (Å²) in [6.07, 6.45) is 7.65. The molecular weight excluding hydrogens is 411 g/mol. The molecule has 2 aromatic rings. The molecule has 1 aliphatic rings. The van der Waals surface area contributed by atoms with Crippen LogP contribution < -0.4 is 10.6 Å². The number of carbonyl (C=O) groups excluding carboxylic acids is 1. The number of allylic oxidation sites excluding steroid dienone is 1. The molecule has 9 heteroatoms. The molecule has 172 valence electrons. The minimum absolute atomic E-state index is 0.00960. The zero-order valence-electron chi connectivity index (χ0n) is 18.9. The molecule has 1 saturated heterocycles. The lowest BCUT2D eigenvalue weighted by Crippen LogP contribution is -2.34. The summed E-state index contributed by atoms with van der Waals surface area (Å²) in [4.78, 5) is 23.5. The second kappa shape index (κ2) is 10.5. The third-order valence-electron chi connectivity index (χ3n) is 5.40. The van der Waals surface area contributed by atoms with E-state index < -0.39 is 5.97 Å². The maximum atomic E-state index is 13.4. The van der Waals surface area contributed by atoms with Gasteiger partial charge in [-0.2, -0.15) is 5.10 Å². The fraction of sp³-hybridized carbons (Fsp3) is 0.478. The predicted octanol–water partition coefficient (Wildman–Crippen LogP) is 3.83. The van der Waals surface area contributed by atoms with Gasteiger partial charge in [-0.1, -0.05) is 6.58 Å². The molecule has 0 aromatic carbocycles. The highest BCUT2D eigenvalue weighted by molar-refractivity contribution is 6.01. The monoisotopic (exact) mass is 442 g/mol. The number of aliphatic imine (C=N–C) groups is 1. The number of fused-ring (bicyclic) bond motifs is 1. The predicted molar refractivity (Wildman–Crippen MR) is 124 cm³/mol. The number of nitrogens with two attached hydrogens (primary N) is 1. The first-order valence-corrected chi connectivity index (χ1v) is 10.9. The van der Waals surface area contributed by atoms with Gasteiger partial charge in [-0.25, -0.2) is 18.7 Å². The number of esters is 1. The topological polar surface area (TPSA) is 98.1 Å². The number of rotatable bonds is 9. The van der Waals surface area contributed by atoms with Crippen LogP contribution in [0.15, 0.2) is 47.6 Å².